The summed E-state index contributed by atoms with van der Waals surface area (Å²) in [5, 5.41) is 10.6. The predicted molar refractivity (Wildman–Crippen MR) is 418 cm³/mol. The van der Waals surface area contributed by atoms with Gasteiger partial charge in [0.1, 0.15) is 19.3 Å². The average Bonchev–Trinajstić information content (AvgIpc) is 0.928. The smallest absolute Gasteiger partial charge is 0.462 e. The summed E-state index contributed by atoms with van der Waals surface area (Å²) in [5.74, 6) is -2.25. The Balaban J connectivity index is 5.35. The van der Waals surface area contributed by atoms with Crippen LogP contribution in [-0.2, 0) is 65.4 Å². The second-order valence-corrected chi connectivity index (χ2v) is 28.8. The largest absolute Gasteiger partial charge is 0.472 e. The van der Waals surface area contributed by atoms with Crippen LogP contribution in [0, 0.1) is 0 Å². The highest BCUT2D eigenvalue weighted by molar-refractivity contribution is 7.47. The molecule has 0 amide bonds. The zero-order chi connectivity index (χ0) is 74.6. The quantitative estimate of drug-likeness (QED) is 0.0169. The number of carbonyl (C=O) groups is 4. The molecule has 0 aromatic rings. The van der Waals surface area contributed by atoms with Gasteiger partial charge in [-0.2, -0.15) is 0 Å². The highest BCUT2D eigenvalue weighted by Crippen LogP contribution is 2.45. The monoisotopic (exact) mass is 1470 g/mol. The minimum absolute atomic E-state index is 0.0724. The summed E-state index contributed by atoms with van der Waals surface area (Å²) in [4.78, 5) is 72.9. The van der Waals surface area contributed by atoms with Crippen molar-refractivity contribution < 1.29 is 80.2 Å². The molecule has 584 valence electrons. The fraction of sp³-hybridized carbons (Fsp3) is 0.687. The zero-order valence-corrected chi connectivity index (χ0v) is 65.5. The van der Waals surface area contributed by atoms with Gasteiger partial charge in [0.2, 0.25) is 0 Å². The third-order valence-electron chi connectivity index (χ3n) is 16.0. The first-order chi connectivity index (χ1) is 49.7. The van der Waals surface area contributed by atoms with Gasteiger partial charge < -0.3 is 33.8 Å². The Hall–Kier alpha value is -4.80. The number of hydrogen-bond acceptors (Lipinski definition) is 15. The first-order valence-electron chi connectivity index (χ1n) is 39.4. The Morgan fingerprint density at radius 2 is 0.539 bits per heavy atom. The van der Waals surface area contributed by atoms with E-state index in [1.54, 1.807) is 0 Å². The maximum atomic E-state index is 13.1. The number of allylic oxidation sites excluding steroid dienone is 22. The minimum atomic E-state index is -4.99. The third-order valence-corrected chi connectivity index (χ3v) is 18.0. The molecule has 0 aliphatic heterocycles. The maximum absolute atomic E-state index is 13.1. The van der Waals surface area contributed by atoms with Gasteiger partial charge in [0.25, 0.3) is 0 Å². The molecule has 102 heavy (non-hydrogen) atoms. The van der Waals surface area contributed by atoms with E-state index in [4.69, 9.17) is 37.0 Å². The number of ether oxygens (including phenoxy) is 4. The lowest BCUT2D eigenvalue weighted by Crippen LogP contribution is -2.30. The van der Waals surface area contributed by atoms with Crippen molar-refractivity contribution in [3.8, 4) is 0 Å². The molecule has 17 nitrogen and oxygen atoms in total. The van der Waals surface area contributed by atoms with E-state index in [1.165, 1.54) is 32.1 Å². The van der Waals surface area contributed by atoms with Crippen molar-refractivity contribution in [3.05, 3.63) is 134 Å². The van der Waals surface area contributed by atoms with Crippen molar-refractivity contribution in [2.75, 3.05) is 39.6 Å². The zero-order valence-electron chi connectivity index (χ0n) is 63.7. The molecule has 0 aliphatic rings. The van der Waals surface area contributed by atoms with E-state index >= 15 is 0 Å². The summed E-state index contributed by atoms with van der Waals surface area (Å²) in [6.45, 7) is 4.55. The van der Waals surface area contributed by atoms with Gasteiger partial charge >= 0.3 is 39.5 Å². The maximum Gasteiger partial charge on any atom is 0.472 e. The van der Waals surface area contributed by atoms with Crippen molar-refractivity contribution in [2.24, 2.45) is 0 Å². The molecule has 0 saturated carbocycles. The Bertz CT molecular complexity index is 2460. The highest BCUT2D eigenvalue weighted by atomic mass is 31.2. The molecule has 0 aromatic heterocycles. The molecule has 19 heteroatoms. The number of unbranched alkanes of at least 4 members (excludes halogenated alkanes) is 25. The van der Waals surface area contributed by atoms with Gasteiger partial charge in [-0.25, -0.2) is 9.13 Å². The van der Waals surface area contributed by atoms with Gasteiger partial charge in [0.15, 0.2) is 12.2 Å². The molecule has 0 radical (unpaired) electrons. The van der Waals surface area contributed by atoms with E-state index < -0.39 is 97.5 Å². The Morgan fingerprint density at radius 1 is 0.284 bits per heavy atom. The molecule has 0 bridgehead atoms. The normalized spacial score (nSPS) is 14.6. The van der Waals surface area contributed by atoms with Crippen LogP contribution in [0.25, 0.3) is 0 Å². The second kappa shape index (κ2) is 74.5. The van der Waals surface area contributed by atoms with E-state index in [0.29, 0.717) is 25.7 Å². The molecule has 0 spiro atoms. The molecule has 0 heterocycles. The molecule has 5 atom stereocenters. The first kappa shape index (κ1) is 97.2. The van der Waals surface area contributed by atoms with Gasteiger partial charge in [0, 0.05) is 25.7 Å². The van der Waals surface area contributed by atoms with Gasteiger partial charge in [0.05, 0.1) is 26.4 Å². The number of aliphatic hydroxyl groups excluding tert-OH is 1. The van der Waals surface area contributed by atoms with E-state index in [-0.39, 0.29) is 25.7 Å². The molecular weight excluding hydrogens is 1330 g/mol. The number of carbonyl (C=O) groups excluding carboxylic acids is 4. The average molecular weight is 1470 g/mol. The first-order valence-corrected chi connectivity index (χ1v) is 42.4. The molecule has 5 unspecified atom stereocenters. The molecule has 0 rings (SSSR count). The highest BCUT2D eigenvalue weighted by Gasteiger charge is 2.30. The third kappa shape index (κ3) is 73.5. The van der Waals surface area contributed by atoms with Gasteiger partial charge in [-0.1, -0.05) is 264 Å². The molecule has 0 fully saturated rings. The lowest BCUT2D eigenvalue weighted by atomic mass is 10.1. The van der Waals surface area contributed by atoms with Gasteiger partial charge in [-0.3, -0.25) is 37.3 Å². The van der Waals surface area contributed by atoms with Crippen LogP contribution in [0.15, 0.2) is 134 Å². The fourth-order valence-electron chi connectivity index (χ4n) is 10.0. The minimum Gasteiger partial charge on any atom is -0.462 e. The molecule has 3 N–H and O–H groups in total. The van der Waals surface area contributed by atoms with Crippen LogP contribution in [0.3, 0.4) is 0 Å². The van der Waals surface area contributed by atoms with Crippen LogP contribution in [-0.4, -0.2) is 96.7 Å². The van der Waals surface area contributed by atoms with Crippen molar-refractivity contribution >= 4 is 39.5 Å². The molecule has 0 aromatic carbocycles. The summed E-state index contributed by atoms with van der Waals surface area (Å²) < 4.78 is 68.5. The van der Waals surface area contributed by atoms with Crippen molar-refractivity contribution in [3.63, 3.8) is 0 Å². The lowest BCUT2D eigenvalue weighted by molar-refractivity contribution is -0.161. The molecular formula is C83H140O17P2. The van der Waals surface area contributed by atoms with Crippen molar-refractivity contribution in [1.82, 2.24) is 0 Å². The number of phosphoric ester groups is 2. The second-order valence-electron chi connectivity index (χ2n) is 25.9. The van der Waals surface area contributed by atoms with Crippen molar-refractivity contribution in [1.29, 1.82) is 0 Å². The van der Waals surface area contributed by atoms with E-state index in [0.717, 1.165) is 199 Å². The summed E-state index contributed by atoms with van der Waals surface area (Å²) in [6.07, 6.45) is 83.0. The number of phosphoric acid groups is 2. The van der Waals surface area contributed by atoms with Crippen LogP contribution in [0.4, 0.5) is 0 Å². The lowest BCUT2D eigenvalue weighted by Gasteiger charge is -2.21. The van der Waals surface area contributed by atoms with E-state index in [9.17, 15) is 43.2 Å². The molecule has 0 aliphatic carbocycles. The van der Waals surface area contributed by atoms with Gasteiger partial charge in [-0.15, -0.1) is 0 Å². The number of esters is 4. The summed E-state index contributed by atoms with van der Waals surface area (Å²) >= 11 is 0. The Kier molecular flexibility index (Phi) is 71.0. The molecule has 0 saturated heterocycles. The van der Waals surface area contributed by atoms with Crippen LogP contribution < -0.4 is 0 Å². The van der Waals surface area contributed by atoms with Crippen LogP contribution in [0.2, 0.25) is 0 Å². The van der Waals surface area contributed by atoms with E-state index in [1.807, 2.05) is 0 Å². The SMILES string of the molecule is CC/C=C\C/C=C\C/C=C\C/C=C\C/C=C\CCCCCC(=O)OCC(COP(=O)(O)OCC(O)COP(=O)(O)OCC(COC(=O)CCCCCCCC/C=C\C/C=C\C/C=C\CCCCC)OC(=O)CCCCCCC/C=C\C/C=C\CCC)OC(=O)CCCCCCC/C=C\CCCC. The van der Waals surface area contributed by atoms with Crippen molar-refractivity contribution in [2.45, 2.75) is 329 Å². The summed E-state index contributed by atoms with van der Waals surface area (Å²) in [6, 6.07) is 0. The summed E-state index contributed by atoms with van der Waals surface area (Å²) in [5.41, 5.74) is 0. The number of aliphatic hydroxyl groups is 1. The Labute approximate surface area is 618 Å². The van der Waals surface area contributed by atoms with Crippen LogP contribution in [0.5, 0.6) is 0 Å². The Morgan fingerprint density at radius 3 is 0.873 bits per heavy atom. The summed E-state index contributed by atoms with van der Waals surface area (Å²) in [7, 11) is -9.97. The van der Waals surface area contributed by atoms with Gasteiger partial charge in [-0.05, 0) is 154 Å². The number of hydrogen-bond donors (Lipinski definition) is 3. The fourth-order valence-corrected chi connectivity index (χ4v) is 11.6. The van der Waals surface area contributed by atoms with E-state index in [2.05, 4.69) is 161 Å². The van der Waals surface area contributed by atoms with Crippen LogP contribution in [0.1, 0.15) is 310 Å². The number of rotatable bonds is 73. The standard InChI is InChI=1S/C83H140O17P2/c1-5-9-13-17-21-25-29-32-34-36-38-40-42-45-48-51-55-59-63-67-80(85)93-73-78(99-82(87)69-65-61-57-53-47-28-24-20-16-12-8-4)75-97-101(89,90)95-71-77(84)72-96-102(91,92)98-76-79(100-83(88)70-66-62-58-54-50-44-31-27-23-19-15-11-7-3)74-94-81(86)68-64-60-56-52-49-46-43-41-39-37-35-33-30-26-22-18-14-10-6-2/h9,13,15,19-22,24-27,31-35,38-41,45,48,77-79,84H,5-8,10-12,14,16-18,23,28-30,36-37,42-44,46-47,49-76H2,1-4H3,(H,89,90)(H,91,92)/b13-9-,19-15-,24-20-,25-21-,26-22-,31-27-,34-32-,35-33-,40-38-,41-39-,48-45-. The topological polar surface area (TPSA) is 237 Å². The predicted octanol–water partition coefficient (Wildman–Crippen LogP) is 22.9. The van der Waals surface area contributed by atoms with Crippen LogP contribution >= 0.6 is 15.6 Å².